The molecule has 2 fully saturated rings. The molecule has 2 aliphatic heterocycles. The molecule has 0 aromatic heterocycles. The van der Waals surface area contributed by atoms with Gasteiger partial charge in [-0.1, -0.05) is 20.8 Å². The van der Waals surface area contributed by atoms with Gasteiger partial charge in [0.1, 0.15) is 0 Å². The highest BCUT2D eigenvalue weighted by atomic mass is 15.2. The highest BCUT2D eigenvalue weighted by Crippen LogP contribution is 2.40. The summed E-state index contributed by atoms with van der Waals surface area (Å²) in [4.78, 5) is 5.32. The largest absolute Gasteiger partial charge is 0.313 e. The maximum Gasteiger partial charge on any atom is 0.0107 e. The van der Waals surface area contributed by atoms with E-state index in [-0.39, 0.29) is 0 Å². The van der Waals surface area contributed by atoms with E-state index in [1.807, 2.05) is 0 Å². The van der Waals surface area contributed by atoms with Gasteiger partial charge in [-0.25, -0.2) is 0 Å². The highest BCUT2D eigenvalue weighted by molar-refractivity contribution is 4.98. The molecule has 0 radical (unpaired) electrons. The van der Waals surface area contributed by atoms with Gasteiger partial charge in [-0.15, -0.1) is 0 Å². The molecule has 1 spiro atoms. The van der Waals surface area contributed by atoms with Gasteiger partial charge in [0.05, 0.1) is 0 Å². The van der Waals surface area contributed by atoms with Crippen LogP contribution in [0.25, 0.3) is 0 Å². The fourth-order valence-corrected chi connectivity index (χ4v) is 3.72. The van der Waals surface area contributed by atoms with Gasteiger partial charge in [-0.05, 0) is 50.6 Å². The van der Waals surface area contributed by atoms with Crippen molar-refractivity contribution in [1.82, 2.24) is 15.1 Å². The van der Waals surface area contributed by atoms with Crippen LogP contribution in [-0.4, -0.2) is 61.7 Å². The third kappa shape index (κ3) is 4.44. The Hall–Kier alpha value is -0.120. The molecule has 2 rings (SSSR count). The Labute approximate surface area is 126 Å². The molecule has 20 heavy (non-hydrogen) atoms. The summed E-state index contributed by atoms with van der Waals surface area (Å²) in [7, 11) is 0. The van der Waals surface area contributed by atoms with Crippen LogP contribution in [0.3, 0.4) is 0 Å². The smallest absolute Gasteiger partial charge is 0.0107 e. The lowest BCUT2D eigenvalue weighted by molar-refractivity contribution is -0.0470. The monoisotopic (exact) mass is 281 g/mol. The predicted octanol–water partition coefficient (Wildman–Crippen LogP) is 2.43. The normalized spacial score (nSPS) is 25.1. The van der Waals surface area contributed by atoms with Crippen LogP contribution in [0.4, 0.5) is 0 Å². The number of rotatable bonds is 7. The first kappa shape index (κ1) is 16.3. The van der Waals surface area contributed by atoms with Crippen molar-refractivity contribution in [3.8, 4) is 0 Å². The molecule has 1 N–H and O–H groups in total. The van der Waals surface area contributed by atoms with Gasteiger partial charge < -0.3 is 15.1 Å². The van der Waals surface area contributed by atoms with Gasteiger partial charge >= 0.3 is 0 Å². The lowest BCUT2D eigenvalue weighted by Gasteiger charge is -2.54. The fourth-order valence-electron chi connectivity index (χ4n) is 3.72. The Morgan fingerprint density at radius 2 is 1.70 bits per heavy atom. The molecule has 1 unspecified atom stereocenters. The van der Waals surface area contributed by atoms with Crippen LogP contribution in [0.2, 0.25) is 0 Å². The number of nitrogens with one attached hydrogen (secondary N) is 1. The number of hydrogen-bond donors (Lipinski definition) is 1. The summed E-state index contributed by atoms with van der Waals surface area (Å²) in [5.74, 6) is 0.813. The minimum Gasteiger partial charge on any atom is -0.313 e. The minimum absolute atomic E-state index is 0.671. The van der Waals surface area contributed by atoms with Gasteiger partial charge in [0.2, 0.25) is 0 Å². The molecule has 0 aliphatic carbocycles. The third-order valence-electron chi connectivity index (χ3n) is 5.19. The summed E-state index contributed by atoms with van der Waals surface area (Å²) in [5.41, 5.74) is 0.684. The molecule has 1 atom stereocenters. The number of likely N-dealkylation sites (tertiary alicyclic amines) is 2. The van der Waals surface area contributed by atoms with Crippen LogP contribution in [0.15, 0.2) is 0 Å². The van der Waals surface area contributed by atoms with Gasteiger partial charge in [-0.2, -0.15) is 0 Å². The van der Waals surface area contributed by atoms with Crippen LogP contribution in [0.1, 0.15) is 47.0 Å². The first-order valence-corrected chi connectivity index (χ1v) is 8.71. The summed E-state index contributed by atoms with van der Waals surface area (Å²) >= 11 is 0. The van der Waals surface area contributed by atoms with Crippen molar-refractivity contribution in [3.05, 3.63) is 0 Å². The average molecular weight is 281 g/mol. The van der Waals surface area contributed by atoms with E-state index in [1.165, 1.54) is 58.5 Å². The number of hydrogen-bond acceptors (Lipinski definition) is 3. The molecule has 0 saturated carbocycles. The van der Waals surface area contributed by atoms with Crippen molar-refractivity contribution in [2.45, 2.75) is 53.0 Å². The van der Waals surface area contributed by atoms with Crippen molar-refractivity contribution >= 4 is 0 Å². The molecule has 2 saturated heterocycles. The fraction of sp³-hybridized carbons (Fsp3) is 1.00. The van der Waals surface area contributed by atoms with E-state index in [4.69, 9.17) is 0 Å². The number of piperidine rings is 1. The first-order valence-electron chi connectivity index (χ1n) is 8.71. The van der Waals surface area contributed by atoms with Crippen molar-refractivity contribution in [2.24, 2.45) is 11.3 Å². The highest BCUT2D eigenvalue weighted by Gasteiger charge is 2.44. The molecular formula is C17H35N3. The van der Waals surface area contributed by atoms with E-state index in [0.29, 0.717) is 11.5 Å². The van der Waals surface area contributed by atoms with Crippen LogP contribution >= 0.6 is 0 Å². The summed E-state index contributed by atoms with van der Waals surface area (Å²) in [6.07, 6.45) is 4.08. The zero-order chi connectivity index (χ0) is 14.6. The first-order chi connectivity index (χ1) is 9.53. The van der Waals surface area contributed by atoms with Crippen LogP contribution in [0.5, 0.6) is 0 Å². The lowest BCUT2D eigenvalue weighted by atomic mass is 9.72. The molecule has 0 aromatic rings. The van der Waals surface area contributed by atoms with E-state index < -0.39 is 0 Å². The van der Waals surface area contributed by atoms with E-state index in [2.05, 4.69) is 42.8 Å². The lowest BCUT2D eigenvalue weighted by Crippen LogP contribution is -2.61. The van der Waals surface area contributed by atoms with Crippen molar-refractivity contribution < 1.29 is 0 Å². The second-order valence-electron chi connectivity index (χ2n) is 7.67. The Morgan fingerprint density at radius 3 is 2.25 bits per heavy atom. The van der Waals surface area contributed by atoms with Crippen LogP contribution in [-0.2, 0) is 0 Å². The molecule has 3 nitrogen and oxygen atoms in total. The summed E-state index contributed by atoms with van der Waals surface area (Å²) in [6.45, 7) is 18.2. The summed E-state index contributed by atoms with van der Waals surface area (Å²) in [6, 6.07) is 0.671. The molecule has 118 valence electrons. The Bertz CT molecular complexity index is 274. The van der Waals surface area contributed by atoms with Crippen molar-refractivity contribution in [3.63, 3.8) is 0 Å². The average Bonchev–Trinajstić information content (AvgIpc) is 2.38. The zero-order valence-corrected chi connectivity index (χ0v) is 14.1. The van der Waals surface area contributed by atoms with Gasteiger partial charge in [0.15, 0.2) is 0 Å². The molecule has 0 bridgehead atoms. The van der Waals surface area contributed by atoms with Gasteiger partial charge in [0.25, 0.3) is 0 Å². The summed E-state index contributed by atoms with van der Waals surface area (Å²) < 4.78 is 0. The predicted molar refractivity (Wildman–Crippen MR) is 87.1 cm³/mol. The Balaban J connectivity index is 1.59. The van der Waals surface area contributed by atoms with Crippen LogP contribution in [0, 0.1) is 11.3 Å². The maximum atomic E-state index is 3.60. The van der Waals surface area contributed by atoms with E-state index in [1.54, 1.807) is 0 Å². The molecule has 3 heteroatoms. The Morgan fingerprint density at radius 1 is 1.05 bits per heavy atom. The topological polar surface area (TPSA) is 18.5 Å². The summed E-state index contributed by atoms with van der Waals surface area (Å²) in [5, 5.41) is 3.60. The second-order valence-corrected chi connectivity index (χ2v) is 7.67. The van der Waals surface area contributed by atoms with E-state index in [9.17, 15) is 0 Å². The Kier molecular flexibility index (Phi) is 5.88. The molecule has 2 heterocycles. The van der Waals surface area contributed by atoms with Gasteiger partial charge in [0, 0.05) is 38.8 Å². The van der Waals surface area contributed by atoms with Crippen molar-refractivity contribution in [2.75, 3.05) is 45.8 Å². The van der Waals surface area contributed by atoms with Crippen molar-refractivity contribution in [1.29, 1.82) is 0 Å². The van der Waals surface area contributed by atoms with Crippen LogP contribution < -0.4 is 5.32 Å². The SMILES string of the molecule is CCC(C)NCCN1CC2(CCN(CC(C)C)CC2)C1. The second kappa shape index (κ2) is 7.24. The molecule has 2 aliphatic rings. The quantitative estimate of drug-likeness (QED) is 0.773. The van der Waals surface area contributed by atoms with E-state index in [0.717, 1.165) is 12.5 Å². The minimum atomic E-state index is 0.671. The van der Waals surface area contributed by atoms with E-state index >= 15 is 0 Å². The zero-order valence-electron chi connectivity index (χ0n) is 14.1. The number of nitrogens with zero attached hydrogens (tertiary/aromatic N) is 2. The van der Waals surface area contributed by atoms with Gasteiger partial charge in [-0.3, -0.25) is 0 Å². The maximum absolute atomic E-state index is 3.60. The molecule has 0 amide bonds. The standard InChI is InChI=1S/C17H35N3/c1-5-16(4)18-8-11-20-13-17(14-20)6-9-19(10-7-17)12-15(2)3/h15-16,18H,5-14H2,1-4H3. The molecular weight excluding hydrogens is 246 g/mol. The molecule has 0 aromatic carbocycles. The third-order valence-corrected chi connectivity index (χ3v) is 5.19.